The fourth-order valence-electron chi connectivity index (χ4n) is 3.82. The highest BCUT2D eigenvalue weighted by molar-refractivity contribution is 6.30. The van der Waals surface area contributed by atoms with Gasteiger partial charge in [0.05, 0.1) is 6.61 Å². The van der Waals surface area contributed by atoms with Gasteiger partial charge in [-0.2, -0.15) is 0 Å². The number of hydrogen-bond acceptors (Lipinski definition) is 4. The van der Waals surface area contributed by atoms with Crippen LogP contribution in [0, 0.1) is 11.7 Å². The van der Waals surface area contributed by atoms with E-state index in [0.29, 0.717) is 49.7 Å². The Morgan fingerprint density at radius 1 is 1.06 bits per heavy atom. The quantitative estimate of drug-likeness (QED) is 0.575. The van der Waals surface area contributed by atoms with Gasteiger partial charge in [-0.05, 0) is 67.3 Å². The van der Waals surface area contributed by atoms with Crippen molar-refractivity contribution in [2.45, 2.75) is 18.9 Å². The SMILES string of the molecule is COCCNC(=O)[C@@H](NC(=O)c1ccc(F)cc1)C1CCN(C(=O)c2ccc(Cl)cc2)CC1. The maximum Gasteiger partial charge on any atom is 0.253 e. The van der Waals surface area contributed by atoms with E-state index in [1.807, 2.05) is 0 Å². The summed E-state index contributed by atoms with van der Waals surface area (Å²) in [6.07, 6.45) is 1.09. The van der Waals surface area contributed by atoms with Crippen molar-refractivity contribution in [1.29, 1.82) is 0 Å². The highest BCUT2D eigenvalue weighted by Crippen LogP contribution is 2.23. The number of carbonyl (C=O) groups is 3. The molecule has 2 aromatic carbocycles. The van der Waals surface area contributed by atoms with Gasteiger partial charge in [0.15, 0.2) is 0 Å². The number of halogens is 2. The van der Waals surface area contributed by atoms with E-state index in [0.717, 1.165) is 0 Å². The molecule has 1 saturated heterocycles. The fourth-order valence-corrected chi connectivity index (χ4v) is 3.95. The molecule has 1 aliphatic heterocycles. The molecule has 1 fully saturated rings. The molecule has 0 spiro atoms. The topological polar surface area (TPSA) is 87.7 Å². The average Bonchev–Trinajstić information content (AvgIpc) is 2.83. The third-order valence-electron chi connectivity index (χ3n) is 5.67. The lowest BCUT2D eigenvalue weighted by Gasteiger charge is -2.36. The largest absolute Gasteiger partial charge is 0.383 e. The second kappa shape index (κ2) is 11.8. The first-order valence-corrected chi connectivity index (χ1v) is 11.1. The number of piperidine rings is 1. The van der Waals surface area contributed by atoms with Crippen molar-refractivity contribution >= 4 is 29.3 Å². The standard InChI is InChI=1S/C24H27ClFN3O4/c1-33-15-12-27-23(31)21(28-22(30)17-4-8-20(26)9-5-17)16-10-13-29(14-11-16)24(32)18-2-6-19(25)7-3-18/h2-9,16,21H,10-15H2,1H3,(H,27,31)(H,28,30)/t21-/m0/s1. The van der Waals surface area contributed by atoms with Crippen LogP contribution < -0.4 is 10.6 Å². The summed E-state index contributed by atoms with van der Waals surface area (Å²) in [5.74, 6) is -1.47. The third-order valence-corrected chi connectivity index (χ3v) is 5.92. The summed E-state index contributed by atoms with van der Waals surface area (Å²) in [6, 6.07) is 11.1. The molecule has 0 saturated carbocycles. The highest BCUT2D eigenvalue weighted by atomic mass is 35.5. The van der Waals surface area contributed by atoms with E-state index in [-0.39, 0.29) is 23.3 Å². The molecule has 9 heteroatoms. The molecule has 3 amide bonds. The van der Waals surface area contributed by atoms with Gasteiger partial charge in [0.25, 0.3) is 11.8 Å². The Kier molecular flexibility index (Phi) is 8.79. The van der Waals surface area contributed by atoms with E-state index < -0.39 is 17.8 Å². The summed E-state index contributed by atoms with van der Waals surface area (Å²) in [7, 11) is 1.54. The summed E-state index contributed by atoms with van der Waals surface area (Å²) in [4.78, 5) is 40.1. The number of benzene rings is 2. The van der Waals surface area contributed by atoms with Crippen LogP contribution in [-0.4, -0.2) is 62.0 Å². The molecule has 0 radical (unpaired) electrons. The van der Waals surface area contributed by atoms with Gasteiger partial charge in [-0.15, -0.1) is 0 Å². The number of ether oxygens (including phenoxy) is 1. The molecule has 2 aromatic rings. The molecular weight excluding hydrogens is 449 g/mol. The average molecular weight is 476 g/mol. The van der Waals surface area contributed by atoms with Crippen LogP contribution in [0.25, 0.3) is 0 Å². The van der Waals surface area contributed by atoms with Crippen molar-refractivity contribution in [2.24, 2.45) is 5.92 Å². The molecule has 1 aliphatic rings. The second-order valence-corrected chi connectivity index (χ2v) is 8.31. The van der Waals surface area contributed by atoms with Gasteiger partial charge in [-0.25, -0.2) is 4.39 Å². The molecule has 2 N–H and O–H groups in total. The van der Waals surface area contributed by atoms with E-state index >= 15 is 0 Å². The number of methoxy groups -OCH3 is 1. The highest BCUT2D eigenvalue weighted by Gasteiger charge is 2.34. The molecular formula is C24H27ClFN3O4. The van der Waals surface area contributed by atoms with Crippen molar-refractivity contribution in [3.8, 4) is 0 Å². The lowest BCUT2D eigenvalue weighted by Crippen LogP contribution is -2.54. The zero-order valence-corrected chi connectivity index (χ0v) is 19.1. The first-order valence-electron chi connectivity index (χ1n) is 10.8. The second-order valence-electron chi connectivity index (χ2n) is 7.88. The molecule has 0 bridgehead atoms. The molecule has 0 unspecified atom stereocenters. The maximum atomic E-state index is 13.2. The molecule has 176 valence electrons. The van der Waals surface area contributed by atoms with Crippen molar-refractivity contribution in [1.82, 2.24) is 15.5 Å². The Morgan fingerprint density at radius 3 is 2.27 bits per heavy atom. The van der Waals surface area contributed by atoms with E-state index in [1.54, 1.807) is 29.2 Å². The molecule has 0 aromatic heterocycles. The molecule has 1 heterocycles. The third kappa shape index (κ3) is 6.76. The van der Waals surface area contributed by atoms with Gasteiger partial charge in [-0.3, -0.25) is 14.4 Å². The molecule has 1 atom stereocenters. The number of carbonyl (C=O) groups excluding carboxylic acids is 3. The summed E-state index contributed by atoms with van der Waals surface area (Å²) < 4.78 is 18.2. The van der Waals surface area contributed by atoms with Gasteiger partial charge in [0.2, 0.25) is 5.91 Å². The Morgan fingerprint density at radius 2 is 1.67 bits per heavy atom. The Bertz CT molecular complexity index is 961. The van der Waals surface area contributed by atoms with Crippen molar-refractivity contribution in [3.05, 3.63) is 70.5 Å². The predicted molar refractivity (Wildman–Crippen MR) is 123 cm³/mol. The minimum absolute atomic E-state index is 0.0958. The zero-order valence-electron chi connectivity index (χ0n) is 18.4. The van der Waals surface area contributed by atoms with Crippen LogP contribution in [0.5, 0.6) is 0 Å². The Labute approximate surface area is 197 Å². The first kappa shape index (κ1) is 24.7. The van der Waals surface area contributed by atoms with E-state index in [4.69, 9.17) is 16.3 Å². The van der Waals surface area contributed by atoms with E-state index in [2.05, 4.69) is 10.6 Å². The van der Waals surface area contributed by atoms with Gasteiger partial charge in [0, 0.05) is 42.9 Å². The monoisotopic (exact) mass is 475 g/mol. The summed E-state index contributed by atoms with van der Waals surface area (Å²) in [5, 5.41) is 6.14. The smallest absolute Gasteiger partial charge is 0.253 e. The Hall–Kier alpha value is -2.97. The minimum atomic E-state index is -0.785. The van der Waals surface area contributed by atoms with Crippen LogP contribution >= 0.6 is 11.6 Å². The number of nitrogens with zero attached hydrogens (tertiary/aromatic N) is 1. The maximum absolute atomic E-state index is 13.2. The van der Waals surface area contributed by atoms with Gasteiger partial charge in [-0.1, -0.05) is 11.6 Å². The first-order chi connectivity index (χ1) is 15.9. The molecule has 3 rings (SSSR count). The van der Waals surface area contributed by atoms with Gasteiger partial charge >= 0.3 is 0 Å². The predicted octanol–water partition coefficient (Wildman–Crippen LogP) is 2.89. The summed E-state index contributed by atoms with van der Waals surface area (Å²) in [5.41, 5.74) is 0.817. The summed E-state index contributed by atoms with van der Waals surface area (Å²) in [6.45, 7) is 1.57. The number of hydrogen-bond donors (Lipinski definition) is 2. The van der Waals surface area contributed by atoms with Gasteiger partial charge < -0.3 is 20.3 Å². The number of nitrogens with one attached hydrogen (secondary N) is 2. The van der Waals surface area contributed by atoms with Gasteiger partial charge in [0.1, 0.15) is 11.9 Å². The van der Waals surface area contributed by atoms with E-state index in [9.17, 15) is 18.8 Å². The van der Waals surface area contributed by atoms with Crippen LogP contribution in [0.1, 0.15) is 33.6 Å². The van der Waals surface area contributed by atoms with Crippen LogP contribution in [0.3, 0.4) is 0 Å². The number of likely N-dealkylation sites (tertiary alicyclic amines) is 1. The molecule has 0 aliphatic carbocycles. The minimum Gasteiger partial charge on any atom is -0.383 e. The van der Waals surface area contributed by atoms with E-state index in [1.165, 1.54) is 31.4 Å². The molecule has 33 heavy (non-hydrogen) atoms. The Balaban J connectivity index is 1.66. The number of rotatable bonds is 8. The zero-order chi connectivity index (χ0) is 23.8. The summed E-state index contributed by atoms with van der Waals surface area (Å²) >= 11 is 5.90. The fraction of sp³-hybridized carbons (Fsp3) is 0.375. The molecule has 7 nitrogen and oxygen atoms in total. The normalized spacial score (nSPS) is 15.1. The van der Waals surface area contributed by atoms with Crippen LogP contribution in [-0.2, 0) is 9.53 Å². The van der Waals surface area contributed by atoms with Crippen LogP contribution in [0.15, 0.2) is 48.5 Å². The van der Waals surface area contributed by atoms with Crippen molar-refractivity contribution in [3.63, 3.8) is 0 Å². The lowest BCUT2D eigenvalue weighted by atomic mass is 9.88. The van der Waals surface area contributed by atoms with Crippen molar-refractivity contribution in [2.75, 3.05) is 33.4 Å². The lowest BCUT2D eigenvalue weighted by molar-refractivity contribution is -0.124. The van der Waals surface area contributed by atoms with Crippen LogP contribution in [0.4, 0.5) is 4.39 Å². The number of amides is 3. The van der Waals surface area contributed by atoms with Crippen LogP contribution in [0.2, 0.25) is 5.02 Å². The van der Waals surface area contributed by atoms with Crippen molar-refractivity contribution < 1.29 is 23.5 Å².